The summed E-state index contributed by atoms with van der Waals surface area (Å²) in [6, 6.07) is 2.83. The lowest BCUT2D eigenvalue weighted by atomic mass is 10.3. The number of hydrogen-bond acceptors (Lipinski definition) is 5. The van der Waals surface area contributed by atoms with Crippen molar-refractivity contribution in [3.8, 4) is 17.2 Å². The molecule has 0 saturated carbocycles. The van der Waals surface area contributed by atoms with Crippen molar-refractivity contribution in [3.63, 3.8) is 0 Å². The Morgan fingerprint density at radius 3 is 2.00 bits per heavy atom. The number of rotatable bonds is 1. The van der Waals surface area contributed by atoms with Crippen LogP contribution in [-0.2, 0) is 4.79 Å². The van der Waals surface area contributed by atoms with E-state index in [1.54, 1.807) is 0 Å². The third kappa shape index (κ3) is 5.37. The van der Waals surface area contributed by atoms with Gasteiger partial charge in [0.15, 0.2) is 11.5 Å². The summed E-state index contributed by atoms with van der Waals surface area (Å²) in [5.74, 6) is -1.57. The third-order valence-corrected chi connectivity index (χ3v) is 1.35. The first-order valence-corrected chi connectivity index (χ1v) is 4.04. The molecule has 0 spiro atoms. The predicted octanol–water partition coefficient (Wildman–Crippen LogP) is 0.222. The molecule has 6 nitrogen and oxygen atoms in total. The highest BCUT2D eigenvalue weighted by molar-refractivity contribution is 5.72. The Labute approximate surface area is 86.2 Å². The maximum absolute atomic E-state index is 9.57. The summed E-state index contributed by atoms with van der Waals surface area (Å²) in [4.78, 5) is 9.57. The van der Waals surface area contributed by atoms with Crippen LogP contribution in [0.5, 0.6) is 17.2 Å². The molecule has 0 aliphatic carbocycles. The number of hydrogen-bond donors (Lipinski definition) is 5. The maximum Gasteiger partial charge on any atom is 0.320 e. The molecule has 6 N–H and O–H groups in total. The average Bonchev–Trinajstić information content (AvgIpc) is 2.13. The molecule has 0 fully saturated rings. The van der Waals surface area contributed by atoms with Gasteiger partial charge < -0.3 is 26.2 Å². The highest BCUT2D eigenvalue weighted by atomic mass is 16.4. The fraction of sp³-hybridized carbons (Fsp3) is 0.222. The molecule has 0 saturated heterocycles. The van der Waals surface area contributed by atoms with Crippen molar-refractivity contribution in [2.24, 2.45) is 5.73 Å². The largest absolute Gasteiger partial charge is 0.508 e. The third-order valence-electron chi connectivity index (χ3n) is 1.35. The van der Waals surface area contributed by atoms with Crippen LogP contribution in [0.15, 0.2) is 18.2 Å². The van der Waals surface area contributed by atoms with E-state index < -0.39 is 12.0 Å². The molecule has 0 amide bonds. The number of benzene rings is 1. The molecule has 84 valence electrons. The molecular formula is C9H13NO5. The van der Waals surface area contributed by atoms with E-state index >= 15 is 0 Å². The van der Waals surface area contributed by atoms with E-state index in [0.717, 1.165) is 6.07 Å². The van der Waals surface area contributed by atoms with Gasteiger partial charge in [-0.15, -0.1) is 0 Å². The summed E-state index contributed by atoms with van der Waals surface area (Å²) < 4.78 is 0. The monoisotopic (exact) mass is 215 g/mol. The molecule has 0 aliphatic rings. The van der Waals surface area contributed by atoms with Crippen LogP contribution in [0, 0.1) is 0 Å². The summed E-state index contributed by atoms with van der Waals surface area (Å²) in [6.45, 7) is 1.42. The second-order valence-electron chi connectivity index (χ2n) is 2.80. The smallest absolute Gasteiger partial charge is 0.320 e. The van der Waals surface area contributed by atoms with Gasteiger partial charge in [0.05, 0.1) is 0 Å². The first-order chi connectivity index (χ1) is 6.84. The number of carboxylic acid groups (broad SMARTS) is 1. The van der Waals surface area contributed by atoms with Gasteiger partial charge in [0, 0.05) is 6.07 Å². The van der Waals surface area contributed by atoms with Crippen molar-refractivity contribution in [1.29, 1.82) is 0 Å². The van der Waals surface area contributed by atoms with Gasteiger partial charge in [0.2, 0.25) is 0 Å². The van der Waals surface area contributed by atoms with Crippen LogP contribution in [-0.4, -0.2) is 32.4 Å². The minimum Gasteiger partial charge on any atom is -0.508 e. The standard InChI is InChI=1S/C6H6O3.C3H7NO2/c7-4-1-2-5(8)6(9)3-4;1-2(4)3(5)6/h1-3,7-9H;2H,4H2,1H3,(H,5,6). The number of carboxylic acids is 1. The van der Waals surface area contributed by atoms with E-state index in [0.29, 0.717) is 0 Å². The summed E-state index contributed by atoms with van der Waals surface area (Å²) in [7, 11) is 0. The topological polar surface area (TPSA) is 124 Å². The highest BCUT2D eigenvalue weighted by Crippen LogP contribution is 2.27. The van der Waals surface area contributed by atoms with Gasteiger partial charge >= 0.3 is 5.97 Å². The van der Waals surface area contributed by atoms with Gasteiger partial charge in [-0.3, -0.25) is 4.79 Å². The van der Waals surface area contributed by atoms with Crippen molar-refractivity contribution in [2.45, 2.75) is 13.0 Å². The molecular weight excluding hydrogens is 202 g/mol. The molecule has 0 radical (unpaired) electrons. The number of nitrogens with two attached hydrogens (primary N) is 1. The minimum atomic E-state index is -0.963. The molecule has 1 rings (SSSR count). The summed E-state index contributed by atoms with van der Waals surface area (Å²) in [6.07, 6.45) is 0. The lowest BCUT2D eigenvalue weighted by Gasteiger charge is -1.95. The Kier molecular flexibility index (Phi) is 4.97. The van der Waals surface area contributed by atoms with Crippen LogP contribution in [0.1, 0.15) is 6.92 Å². The first-order valence-electron chi connectivity index (χ1n) is 4.04. The zero-order chi connectivity index (χ0) is 12.0. The number of phenols is 3. The molecule has 0 bridgehead atoms. The first kappa shape index (κ1) is 13.1. The van der Waals surface area contributed by atoms with E-state index in [9.17, 15) is 4.79 Å². The second kappa shape index (κ2) is 5.71. The van der Waals surface area contributed by atoms with Crippen LogP contribution >= 0.6 is 0 Å². The number of carbonyl (C=O) groups is 1. The summed E-state index contributed by atoms with van der Waals surface area (Å²) in [5.41, 5.74) is 4.84. The molecule has 0 aliphatic heterocycles. The zero-order valence-electron chi connectivity index (χ0n) is 8.08. The van der Waals surface area contributed by atoms with E-state index in [-0.39, 0.29) is 17.2 Å². The van der Waals surface area contributed by atoms with E-state index in [2.05, 4.69) is 0 Å². The Morgan fingerprint density at radius 2 is 1.73 bits per heavy atom. The van der Waals surface area contributed by atoms with E-state index in [1.165, 1.54) is 19.1 Å². The molecule has 1 atom stereocenters. The van der Waals surface area contributed by atoms with Crippen LogP contribution in [0.2, 0.25) is 0 Å². The zero-order valence-corrected chi connectivity index (χ0v) is 8.08. The number of aromatic hydroxyl groups is 3. The van der Waals surface area contributed by atoms with Gasteiger partial charge in [0.25, 0.3) is 0 Å². The SMILES string of the molecule is CC(N)C(=O)O.Oc1ccc(O)c(O)c1. The molecule has 1 aromatic rings. The predicted molar refractivity (Wildman–Crippen MR) is 52.7 cm³/mol. The molecule has 1 aromatic carbocycles. The molecule has 0 heterocycles. The van der Waals surface area contributed by atoms with Gasteiger partial charge in [-0.05, 0) is 19.1 Å². The van der Waals surface area contributed by atoms with Crippen molar-refractivity contribution >= 4 is 5.97 Å². The van der Waals surface area contributed by atoms with Crippen molar-refractivity contribution < 1.29 is 25.2 Å². The molecule has 6 heteroatoms. The van der Waals surface area contributed by atoms with Crippen LogP contribution < -0.4 is 5.73 Å². The van der Waals surface area contributed by atoms with E-state index in [1.807, 2.05) is 0 Å². The lowest BCUT2D eigenvalue weighted by Crippen LogP contribution is -2.25. The van der Waals surface area contributed by atoms with Crippen molar-refractivity contribution in [1.82, 2.24) is 0 Å². The summed E-state index contributed by atoms with van der Waals surface area (Å²) in [5, 5.41) is 33.9. The Bertz CT molecular complexity index is 337. The normalized spacial score (nSPS) is 11.1. The van der Waals surface area contributed by atoms with Gasteiger partial charge in [-0.1, -0.05) is 0 Å². The van der Waals surface area contributed by atoms with Crippen molar-refractivity contribution in [3.05, 3.63) is 18.2 Å². The Morgan fingerprint density at radius 1 is 1.27 bits per heavy atom. The maximum atomic E-state index is 9.57. The Balaban J connectivity index is 0.000000288. The molecule has 15 heavy (non-hydrogen) atoms. The van der Waals surface area contributed by atoms with Crippen molar-refractivity contribution in [2.75, 3.05) is 0 Å². The average molecular weight is 215 g/mol. The van der Waals surface area contributed by atoms with Gasteiger partial charge in [-0.25, -0.2) is 0 Å². The number of aliphatic carboxylic acids is 1. The van der Waals surface area contributed by atoms with Crippen LogP contribution in [0.25, 0.3) is 0 Å². The second-order valence-corrected chi connectivity index (χ2v) is 2.80. The van der Waals surface area contributed by atoms with Gasteiger partial charge in [0.1, 0.15) is 11.8 Å². The van der Waals surface area contributed by atoms with Crippen LogP contribution in [0.4, 0.5) is 0 Å². The highest BCUT2D eigenvalue weighted by Gasteiger charge is 1.99. The summed E-state index contributed by atoms with van der Waals surface area (Å²) >= 11 is 0. The lowest BCUT2D eigenvalue weighted by molar-refractivity contribution is -0.138. The Hall–Kier alpha value is -1.95. The molecule has 1 unspecified atom stereocenters. The fourth-order valence-corrected chi connectivity index (χ4v) is 0.512. The fourth-order valence-electron chi connectivity index (χ4n) is 0.512. The minimum absolute atomic E-state index is 0.0645. The van der Waals surface area contributed by atoms with Crippen LogP contribution in [0.3, 0.4) is 0 Å². The van der Waals surface area contributed by atoms with Gasteiger partial charge in [-0.2, -0.15) is 0 Å². The number of phenolic OH excluding ortho intramolecular Hbond substituents is 3. The quantitative estimate of drug-likeness (QED) is 0.337. The van der Waals surface area contributed by atoms with E-state index in [4.69, 9.17) is 26.2 Å². The molecule has 0 aromatic heterocycles.